The minimum atomic E-state index is -3.75. The topological polar surface area (TPSA) is 97.4 Å². The Bertz CT molecular complexity index is 1130. The first-order valence-electron chi connectivity index (χ1n) is 11.4. The van der Waals surface area contributed by atoms with Crippen molar-refractivity contribution in [1.82, 2.24) is 4.31 Å². The molecule has 34 heavy (non-hydrogen) atoms. The van der Waals surface area contributed by atoms with Crippen LogP contribution in [-0.4, -0.2) is 72.2 Å². The maximum Gasteiger partial charge on any atom is 0.257 e. The Morgan fingerprint density at radius 3 is 2.35 bits per heavy atom. The normalized spacial score (nSPS) is 17.3. The number of morpholine rings is 1. The zero-order chi connectivity index (χ0) is 24.1. The maximum absolute atomic E-state index is 13.5. The molecule has 0 spiro atoms. The number of hydrogen-bond acceptors (Lipinski definition) is 7. The Balaban J connectivity index is 1.70. The van der Waals surface area contributed by atoms with E-state index in [-0.39, 0.29) is 4.90 Å². The highest BCUT2D eigenvalue weighted by molar-refractivity contribution is 7.89. The predicted octanol–water partition coefficient (Wildman–Crippen LogP) is 2.97. The Morgan fingerprint density at radius 1 is 0.941 bits per heavy atom. The first-order valence-corrected chi connectivity index (χ1v) is 12.9. The van der Waals surface area contributed by atoms with Gasteiger partial charge in [-0.05, 0) is 49.6 Å². The summed E-state index contributed by atoms with van der Waals surface area (Å²) in [4.78, 5) is 15.7. The van der Waals surface area contributed by atoms with Crippen LogP contribution in [0.15, 0.2) is 41.3 Å². The number of rotatable bonds is 7. The molecule has 2 aliphatic heterocycles. The zero-order valence-corrected chi connectivity index (χ0v) is 20.4. The quantitative estimate of drug-likeness (QED) is 0.639. The van der Waals surface area contributed by atoms with Gasteiger partial charge in [-0.2, -0.15) is 4.31 Å². The van der Waals surface area contributed by atoms with Gasteiger partial charge in [-0.15, -0.1) is 0 Å². The molecule has 9 nitrogen and oxygen atoms in total. The highest BCUT2D eigenvalue weighted by Gasteiger charge is 2.29. The monoisotopic (exact) mass is 489 g/mol. The number of sulfonamides is 1. The van der Waals surface area contributed by atoms with Crippen LogP contribution in [0.4, 0.5) is 11.4 Å². The number of nitrogens with zero attached hydrogens (tertiary/aromatic N) is 2. The van der Waals surface area contributed by atoms with Gasteiger partial charge in [-0.1, -0.05) is 0 Å². The average Bonchev–Trinajstić information content (AvgIpc) is 2.89. The number of anilines is 2. The molecule has 2 fully saturated rings. The van der Waals surface area contributed by atoms with Gasteiger partial charge in [0.25, 0.3) is 5.91 Å². The van der Waals surface area contributed by atoms with Gasteiger partial charge in [0, 0.05) is 37.9 Å². The van der Waals surface area contributed by atoms with Crippen molar-refractivity contribution < 1.29 is 27.4 Å². The molecule has 10 heteroatoms. The molecule has 2 aromatic carbocycles. The van der Waals surface area contributed by atoms with E-state index in [1.165, 1.54) is 17.5 Å². The van der Waals surface area contributed by atoms with Crippen molar-refractivity contribution in [3.8, 4) is 11.5 Å². The molecule has 2 saturated heterocycles. The lowest BCUT2D eigenvalue weighted by molar-refractivity contribution is 0.0730. The first kappa shape index (κ1) is 24.3. The average molecular weight is 490 g/mol. The third kappa shape index (κ3) is 5.13. The van der Waals surface area contributed by atoms with E-state index in [1.54, 1.807) is 37.4 Å². The summed E-state index contributed by atoms with van der Waals surface area (Å²) < 4.78 is 43.9. The minimum absolute atomic E-state index is 0.0991. The van der Waals surface area contributed by atoms with Gasteiger partial charge in [0.2, 0.25) is 10.0 Å². The summed E-state index contributed by atoms with van der Waals surface area (Å²) >= 11 is 0. The predicted molar refractivity (Wildman–Crippen MR) is 130 cm³/mol. The molecule has 0 unspecified atom stereocenters. The second-order valence-corrected chi connectivity index (χ2v) is 10.2. The molecule has 2 aromatic rings. The molecule has 184 valence electrons. The third-order valence-corrected chi connectivity index (χ3v) is 8.07. The van der Waals surface area contributed by atoms with E-state index in [1.807, 2.05) is 0 Å². The molecule has 1 N–H and O–H groups in total. The van der Waals surface area contributed by atoms with Gasteiger partial charge >= 0.3 is 0 Å². The van der Waals surface area contributed by atoms with Crippen molar-refractivity contribution in [2.75, 3.05) is 63.8 Å². The Labute approximate surface area is 200 Å². The van der Waals surface area contributed by atoms with Gasteiger partial charge < -0.3 is 24.4 Å². The van der Waals surface area contributed by atoms with E-state index in [2.05, 4.69) is 10.2 Å². The lowest BCUT2D eigenvalue weighted by Gasteiger charge is -2.31. The van der Waals surface area contributed by atoms with Crippen LogP contribution in [0, 0.1) is 0 Å². The van der Waals surface area contributed by atoms with Gasteiger partial charge in [-0.25, -0.2) is 8.42 Å². The number of benzene rings is 2. The second-order valence-electron chi connectivity index (χ2n) is 8.26. The molecule has 1 amide bonds. The molecule has 0 radical (unpaired) electrons. The Morgan fingerprint density at radius 2 is 1.68 bits per heavy atom. The van der Waals surface area contributed by atoms with E-state index in [0.29, 0.717) is 49.1 Å². The van der Waals surface area contributed by atoms with Gasteiger partial charge in [0.15, 0.2) is 0 Å². The summed E-state index contributed by atoms with van der Waals surface area (Å²) in [6, 6.07) is 9.94. The molecular weight excluding hydrogens is 458 g/mol. The molecule has 2 aliphatic rings. The van der Waals surface area contributed by atoms with Gasteiger partial charge in [-0.3, -0.25) is 4.79 Å². The molecule has 2 heterocycles. The number of nitrogens with one attached hydrogen (secondary N) is 1. The van der Waals surface area contributed by atoms with Gasteiger partial charge in [0.05, 0.1) is 43.6 Å². The van der Waals surface area contributed by atoms with Crippen molar-refractivity contribution in [2.45, 2.75) is 24.2 Å². The summed E-state index contributed by atoms with van der Waals surface area (Å²) in [5.74, 6) is 0.648. The number of methoxy groups -OCH3 is 2. The molecule has 0 atom stereocenters. The summed E-state index contributed by atoms with van der Waals surface area (Å²) in [6.07, 6.45) is 3.20. The number of piperidine rings is 1. The van der Waals surface area contributed by atoms with E-state index in [9.17, 15) is 13.2 Å². The fourth-order valence-corrected chi connectivity index (χ4v) is 5.73. The fourth-order valence-electron chi connectivity index (χ4n) is 4.30. The molecular formula is C24H31N3O6S. The van der Waals surface area contributed by atoms with Crippen LogP contribution in [0.1, 0.15) is 29.6 Å². The number of carbonyl (C=O) groups excluding carboxylic acids is 1. The SMILES string of the molecule is COc1ccc(NC(=O)c2cc(S(=O)(=O)N3CCOCC3)ccc2N2CCCCC2)c(OC)c1. The minimum Gasteiger partial charge on any atom is -0.497 e. The van der Waals surface area contributed by atoms with E-state index < -0.39 is 15.9 Å². The van der Waals surface area contributed by atoms with Crippen LogP contribution in [-0.2, 0) is 14.8 Å². The van der Waals surface area contributed by atoms with Crippen LogP contribution in [0.2, 0.25) is 0 Å². The van der Waals surface area contributed by atoms with E-state index >= 15 is 0 Å². The van der Waals surface area contributed by atoms with Gasteiger partial charge in [0.1, 0.15) is 11.5 Å². The van der Waals surface area contributed by atoms with Crippen LogP contribution in [0.25, 0.3) is 0 Å². The summed E-state index contributed by atoms with van der Waals surface area (Å²) in [7, 11) is -0.680. The molecule has 0 aromatic heterocycles. The molecule has 0 saturated carbocycles. The van der Waals surface area contributed by atoms with Crippen molar-refractivity contribution in [1.29, 1.82) is 0 Å². The highest BCUT2D eigenvalue weighted by atomic mass is 32.2. The van der Waals surface area contributed by atoms with Crippen molar-refractivity contribution in [3.05, 3.63) is 42.0 Å². The van der Waals surface area contributed by atoms with Crippen molar-refractivity contribution >= 4 is 27.3 Å². The lowest BCUT2D eigenvalue weighted by atomic mass is 10.1. The first-order chi connectivity index (χ1) is 16.4. The number of amides is 1. The Kier molecular flexibility index (Phi) is 7.60. The Hall–Kier alpha value is -2.82. The fraction of sp³-hybridized carbons (Fsp3) is 0.458. The smallest absolute Gasteiger partial charge is 0.257 e. The van der Waals surface area contributed by atoms with Crippen LogP contribution < -0.4 is 19.7 Å². The maximum atomic E-state index is 13.5. The summed E-state index contributed by atoms with van der Waals surface area (Å²) in [5.41, 5.74) is 1.51. The number of ether oxygens (including phenoxy) is 3. The largest absolute Gasteiger partial charge is 0.497 e. The van der Waals surface area contributed by atoms with Crippen molar-refractivity contribution in [3.63, 3.8) is 0 Å². The molecule has 0 bridgehead atoms. The van der Waals surface area contributed by atoms with Crippen LogP contribution in [0.5, 0.6) is 11.5 Å². The molecule has 4 rings (SSSR count). The highest BCUT2D eigenvalue weighted by Crippen LogP contribution is 2.32. The lowest BCUT2D eigenvalue weighted by Crippen LogP contribution is -2.40. The summed E-state index contributed by atoms with van der Waals surface area (Å²) in [5, 5.41) is 2.89. The van der Waals surface area contributed by atoms with Crippen molar-refractivity contribution in [2.24, 2.45) is 0 Å². The van der Waals surface area contributed by atoms with Crippen LogP contribution >= 0.6 is 0 Å². The zero-order valence-electron chi connectivity index (χ0n) is 19.6. The molecule has 0 aliphatic carbocycles. The number of hydrogen-bond donors (Lipinski definition) is 1. The van der Waals surface area contributed by atoms with E-state index in [0.717, 1.165) is 38.0 Å². The summed E-state index contributed by atoms with van der Waals surface area (Å²) in [6.45, 7) is 2.94. The third-order valence-electron chi connectivity index (χ3n) is 6.17. The van der Waals surface area contributed by atoms with E-state index in [4.69, 9.17) is 14.2 Å². The number of carbonyl (C=O) groups is 1. The second kappa shape index (κ2) is 10.6. The standard InChI is InChI=1S/C24H31N3O6S/c1-31-18-6-8-21(23(16-18)32-2)25-24(28)20-17-19(34(29,30)27-12-14-33-15-13-27)7-9-22(20)26-10-4-3-5-11-26/h6-9,16-17H,3-5,10-15H2,1-2H3,(H,25,28). The van der Waals surface area contributed by atoms with Crippen LogP contribution in [0.3, 0.4) is 0 Å².